The van der Waals surface area contributed by atoms with Crippen LogP contribution in [0.1, 0.15) is 42.9 Å². The monoisotopic (exact) mass is 392 g/mol. The second kappa shape index (κ2) is 8.27. The molecule has 0 saturated heterocycles. The molecule has 0 radical (unpaired) electrons. The molecule has 2 heterocycles. The summed E-state index contributed by atoms with van der Waals surface area (Å²) in [7, 11) is 0. The van der Waals surface area contributed by atoms with Crippen LogP contribution in [0.3, 0.4) is 0 Å². The fourth-order valence-corrected chi connectivity index (χ4v) is 4.79. The van der Waals surface area contributed by atoms with Crippen LogP contribution in [-0.4, -0.2) is 31.3 Å². The van der Waals surface area contributed by atoms with Crippen LogP contribution in [0.25, 0.3) is 11.4 Å². The Hall–Kier alpha value is -2.47. The summed E-state index contributed by atoms with van der Waals surface area (Å²) >= 11 is 1.48. The number of fused-ring (bicyclic) bond motifs is 1. The van der Waals surface area contributed by atoms with Gasteiger partial charge in [-0.15, -0.1) is 10.2 Å². The molecule has 144 valence electrons. The van der Waals surface area contributed by atoms with Gasteiger partial charge in [0.1, 0.15) is 0 Å². The largest absolute Gasteiger partial charge is 0.302 e. The summed E-state index contributed by atoms with van der Waals surface area (Å²) in [5, 5.41) is 9.44. The minimum absolute atomic E-state index is 0.0178. The lowest BCUT2D eigenvalue weighted by Gasteiger charge is -2.11. The molecule has 0 N–H and O–H groups in total. The average molecular weight is 393 g/mol. The fourth-order valence-electron chi connectivity index (χ4n) is 3.85. The number of rotatable bonds is 7. The number of benzene rings is 1. The van der Waals surface area contributed by atoms with Gasteiger partial charge in [0, 0.05) is 30.4 Å². The van der Waals surface area contributed by atoms with E-state index in [9.17, 15) is 4.79 Å². The molecule has 0 saturated carbocycles. The number of thioether (sulfide) groups is 1. The van der Waals surface area contributed by atoms with Gasteiger partial charge in [-0.25, -0.2) is 0 Å². The maximum Gasteiger partial charge on any atom is 0.191 e. The summed E-state index contributed by atoms with van der Waals surface area (Å²) in [4.78, 5) is 17.1. The Morgan fingerprint density at radius 3 is 2.89 bits per heavy atom. The minimum atomic E-state index is 0.0178. The summed E-state index contributed by atoms with van der Waals surface area (Å²) in [5.74, 6) is 1.51. The van der Waals surface area contributed by atoms with Crippen LogP contribution in [0.15, 0.2) is 47.9 Å². The van der Waals surface area contributed by atoms with Gasteiger partial charge in [0.05, 0.1) is 5.75 Å². The number of nitrogens with zero attached hydrogens (tertiary/aromatic N) is 4. The van der Waals surface area contributed by atoms with Crippen LogP contribution in [0.2, 0.25) is 0 Å². The van der Waals surface area contributed by atoms with Gasteiger partial charge in [0.15, 0.2) is 16.8 Å². The van der Waals surface area contributed by atoms with E-state index in [1.54, 1.807) is 12.4 Å². The topological polar surface area (TPSA) is 60.7 Å². The highest BCUT2D eigenvalue weighted by Gasteiger charge is 2.28. The van der Waals surface area contributed by atoms with E-state index < -0.39 is 0 Å². The Morgan fingerprint density at radius 1 is 1.25 bits per heavy atom. The van der Waals surface area contributed by atoms with Crippen LogP contribution in [0.4, 0.5) is 0 Å². The number of hydrogen-bond donors (Lipinski definition) is 0. The number of aryl methyl sites for hydroxylation is 2. The van der Waals surface area contributed by atoms with Gasteiger partial charge < -0.3 is 4.57 Å². The highest BCUT2D eigenvalue weighted by Crippen LogP contribution is 2.36. The van der Waals surface area contributed by atoms with Crippen molar-refractivity contribution in [1.82, 2.24) is 19.7 Å². The molecule has 0 amide bonds. The highest BCUT2D eigenvalue weighted by molar-refractivity contribution is 7.99. The standard InChI is InChI=1S/C22H24N4OS/c1-3-15-7-9-18-16(12-15)8-10-19(18)20(27)14-28-22-25-24-21(26(22)4-2)17-6-5-11-23-13-17/h5-7,9,11-13,19H,3-4,8,10,14H2,1-2H3. The van der Waals surface area contributed by atoms with Gasteiger partial charge >= 0.3 is 0 Å². The molecular weight excluding hydrogens is 368 g/mol. The molecule has 0 bridgehead atoms. The molecule has 1 atom stereocenters. The molecule has 1 aliphatic carbocycles. The molecule has 1 aliphatic rings. The van der Waals surface area contributed by atoms with E-state index in [0.29, 0.717) is 5.75 Å². The lowest BCUT2D eigenvalue weighted by Crippen LogP contribution is -2.13. The van der Waals surface area contributed by atoms with Crippen LogP contribution in [0.5, 0.6) is 0 Å². The van der Waals surface area contributed by atoms with Crippen LogP contribution >= 0.6 is 11.8 Å². The second-order valence-electron chi connectivity index (χ2n) is 7.03. The van der Waals surface area contributed by atoms with Crippen molar-refractivity contribution in [1.29, 1.82) is 0 Å². The van der Waals surface area contributed by atoms with E-state index in [-0.39, 0.29) is 11.7 Å². The zero-order valence-corrected chi connectivity index (χ0v) is 17.1. The zero-order chi connectivity index (χ0) is 19.5. The third kappa shape index (κ3) is 3.61. The Bertz CT molecular complexity index is 983. The Labute approximate surface area is 169 Å². The highest BCUT2D eigenvalue weighted by atomic mass is 32.2. The third-order valence-corrected chi connectivity index (χ3v) is 6.37. The molecule has 1 unspecified atom stereocenters. The summed E-state index contributed by atoms with van der Waals surface area (Å²) < 4.78 is 2.05. The summed E-state index contributed by atoms with van der Waals surface area (Å²) in [6.07, 6.45) is 6.49. The molecule has 1 aromatic carbocycles. The molecule has 4 rings (SSSR count). The van der Waals surface area contributed by atoms with Crippen molar-refractivity contribution >= 4 is 17.5 Å². The fraction of sp³-hybridized carbons (Fsp3) is 0.364. The van der Waals surface area contributed by atoms with Crippen molar-refractivity contribution in [2.24, 2.45) is 0 Å². The molecule has 3 aromatic rings. The van der Waals surface area contributed by atoms with E-state index in [1.165, 1.54) is 28.5 Å². The van der Waals surface area contributed by atoms with E-state index in [2.05, 4.69) is 47.2 Å². The molecule has 2 aromatic heterocycles. The lowest BCUT2D eigenvalue weighted by atomic mass is 9.96. The predicted molar refractivity (Wildman–Crippen MR) is 112 cm³/mol. The van der Waals surface area contributed by atoms with Crippen molar-refractivity contribution in [3.63, 3.8) is 0 Å². The van der Waals surface area contributed by atoms with E-state index in [1.807, 2.05) is 16.7 Å². The van der Waals surface area contributed by atoms with Crippen LogP contribution in [-0.2, 0) is 24.2 Å². The van der Waals surface area contributed by atoms with Crippen molar-refractivity contribution in [2.75, 3.05) is 5.75 Å². The number of Topliss-reactive ketones (excluding diaryl/α,β-unsaturated/α-hetero) is 1. The quantitative estimate of drug-likeness (QED) is 0.561. The van der Waals surface area contributed by atoms with Crippen LogP contribution < -0.4 is 0 Å². The van der Waals surface area contributed by atoms with Gasteiger partial charge in [-0.3, -0.25) is 9.78 Å². The first-order chi connectivity index (χ1) is 13.7. The molecule has 0 aliphatic heterocycles. The Morgan fingerprint density at radius 2 is 2.14 bits per heavy atom. The van der Waals surface area contributed by atoms with E-state index >= 15 is 0 Å². The molecule has 0 fully saturated rings. The number of carbonyl (C=O) groups excluding carboxylic acids is 1. The number of hydrogen-bond acceptors (Lipinski definition) is 5. The molecule has 28 heavy (non-hydrogen) atoms. The molecule has 0 spiro atoms. The number of carbonyl (C=O) groups is 1. The first-order valence-electron chi connectivity index (χ1n) is 9.82. The third-order valence-electron chi connectivity index (χ3n) is 5.38. The summed E-state index contributed by atoms with van der Waals surface area (Å²) in [6, 6.07) is 10.4. The number of aromatic nitrogens is 4. The van der Waals surface area contributed by atoms with Crippen molar-refractivity contribution < 1.29 is 4.79 Å². The maximum absolute atomic E-state index is 12.9. The van der Waals surface area contributed by atoms with Gasteiger partial charge in [-0.05, 0) is 55.0 Å². The first kappa shape index (κ1) is 18.9. The Balaban J connectivity index is 1.47. The zero-order valence-electron chi connectivity index (χ0n) is 16.3. The molecular formula is C22H24N4OS. The second-order valence-corrected chi connectivity index (χ2v) is 7.97. The smallest absolute Gasteiger partial charge is 0.191 e. The van der Waals surface area contributed by atoms with Crippen molar-refractivity contribution in [3.8, 4) is 11.4 Å². The lowest BCUT2D eigenvalue weighted by molar-refractivity contribution is -0.117. The van der Waals surface area contributed by atoms with Gasteiger partial charge in [-0.1, -0.05) is 36.9 Å². The number of ketones is 1. The minimum Gasteiger partial charge on any atom is -0.302 e. The number of pyridine rings is 1. The van der Waals surface area contributed by atoms with Crippen LogP contribution in [0, 0.1) is 0 Å². The molecule has 5 nitrogen and oxygen atoms in total. The van der Waals surface area contributed by atoms with E-state index in [0.717, 1.165) is 42.4 Å². The Kier molecular flexibility index (Phi) is 5.57. The molecule has 6 heteroatoms. The van der Waals surface area contributed by atoms with Gasteiger partial charge in [0.25, 0.3) is 0 Å². The summed E-state index contributed by atoms with van der Waals surface area (Å²) in [6.45, 7) is 4.98. The average Bonchev–Trinajstić information content (AvgIpc) is 3.35. The van der Waals surface area contributed by atoms with E-state index in [4.69, 9.17) is 0 Å². The van der Waals surface area contributed by atoms with Crippen molar-refractivity contribution in [2.45, 2.75) is 50.7 Å². The normalized spacial score (nSPS) is 15.6. The van der Waals surface area contributed by atoms with Gasteiger partial charge in [0.2, 0.25) is 0 Å². The predicted octanol–water partition coefficient (Wildman–Crippen LogP) is 4.31. The van der Waals surface area contributed by atoms with Crippen molar-refractivity contribution in [3.05, 3.63) is 59.4 Å². The maximum atomic E-state index is 12.9. The van der Waals surface area contributed by atoms with Gasteiger partial charge in [-0.2, -0.15) is 0 Å². The SMILES string of the molecule is CCc1ccc2c(c1)CCC2C(=O)CSc1nnc(-c2cccnc2)n1CC. The first-order valence-corrected chi connectivity index (χ1v) is 10.8. The summed E-state index contributed by atoms with van der Waals surface area (Å²) in [5.41, 5.74) is 4.85.